The van der Waals surface area contributed by atoms with E-state index in [0.29, 0.717) is 25.0 Å². The summed E-state index contributed by atoms with van der Waals surface area (Å²) in [5.41, 5.74) is 0. The molecule has 1 unspecified atom stereocenters. The van der Waals surface area contributed by atoms with Crippen LogP contribution >= 0.6 is 15.9 Å². The van der Waals surface area contributed by atoms with E-state index in [1.807, 2.05) is 0 Å². The number of ether oxygens (including phenoxy) is 2. The van der Waals surface area contributed by atoms with Crippen LogP contribution in [0.1, 0.15) is 0 Å². The normalized spacial score (nSPS) is 21.6. The third-order valence-electron chi connectivity index (χ3n) is 2.15. The van der Waals surface area contributed by atoms with Crippen molar-refractivity contribution in [3.63, 3.8) is 0 Å². The highest BCUT2D eigenvalue weighted by Crippen LogP contribution is 2.14. The summed E-state index contributed by atoms with van der Waals surface area (Å²) < 4.78 is 45.0. The fourth-order valence-corrected chi connectivity index (χ4v) is 1.78. The van der Waals surface area contributed by atoms with E-state index in [1.54, 1.807) is 0 Å². The Kier molecular flexibility index (Phi) is 5.68. The molecule has 1 amide bonds. The van der Waals surface area contributed by atoms with Crippen molar-refractivity contribution in [1.82, 2.24) is 4.90 Å². The van der Waals surface area contributed by atoms with Crippen LogP contribution in [0.4, 0.5) is 13.2 Å². The van der Waals surface area contributed by atoms with E-state index < -0.39 is 25.3 Å². The highest BCUT2D eigenvalue weighted by molar-refractivity contribution is 9.09. The number of morpholine rings is 1. The standard InChI is InChI=1S/C9H13BrF3NO3/c10-3-7-4-14(1-2-17-7)8(15)5-16-6-9(11,12)13/h7H,1-6H2. The lowest BCUT2D eigenvalue weighted by molar-refractivity contribution is -0.179. The molecule has 0 radical (unpaired) electrons. The van der Waals surface area contributed by atoms with Crippen molar-refractivity contribution in [3.8, 4) is 0 Å². The van der Waals surface area contributed by atoms with Crippen LogP contribution in [0.15, 0.2) is 0 Å². The lowest BCUT2D eigenvalue weighted by atomic mass is 10.3. The zero-order chi connectivity index (χ0) is 12.9. The molecule has 0 N–H and O–H groups in total. The fraction of sp³-hybridized carbons (Fsp3) is 0.889. The van der Waals surface area contributed by atoms with Crippen LogP contribution in [0.3, 0.4) is 0 Å². The van der Waals surface area contributed by atoms with Gasteiger partial charge in [0, 0.05) is 18.4 Å². The summed E-state index contributed by atoms with van der Waals surface area (Å²) in [6.07, 6.45) is -4.51. The fourth-order valence-electron chi connectivity index (χ4n) is 1.38. The van der Waals surface area contributed by atoms with Crippen LogP contribution in [0.25, 0.3) is 0 Å². The Morgan fingerprint density at radius 1 is 1.53 bits per heavy atom. The van der Waals surface area contributed by atoms with Crippen LogP contribution in [0.5, 0.6) is 0 Å². The second kappa shape index (κ2) is 6.55. The highest BCUT2D eigenvalue weighted by atomic mass is 79.9. The van der Waals surface area contributed by atoms with Gasteiger partial charge in [0.1, 0.15) is 13.2 Å². The summed E-state index contributed by atoms with van der Waals surface area (Å²) in [5.74, 6) is -0.441. The molecule has 0 spiro atoms. The number of carbonyl (C=O) groups is 1. The van der Waals surface area contributed by atoms with Gasteiger partial charge >= 0.3 is 6.18 Å². The number of hydrogen-bond donors (Lipinski definition) is 0. The summed E-state index contributed by atoms with van der Waals surface area (Å²) in [6, 6.07) is 0. The highest BCUT2D eigenvalue weighted by Gasteiger charge is 2.29. The van der Waals surface area contributed by atoms with Gasteiger partial charge in [-0.15, -0.1) is 0 Å². The van der Waals surface area contributed by atoms with Gasteiger partial charge in [-0.1, -0.05) is 15.9 Å². The Morgan fingerprint density at radius 3 is 2.82 bits per heavy atom. The van der Waals surface area contributed by atoms with Gasteiger partial charge in [-0.05, 0) is 0 Å². The van der Waals surface area contributed by atoms with Gasteiger partial charge in [-0.3, -0.25) is 4.79 Å². The van der Waals surface area contributed by atoms with Crippen LogP contribution in [0, 0.1) is 0 Å². The number of amides is 1. The first-order valence-electron chi connectivity index (χ1n) is 5.02. The average molecular weight is 320 g/mol. The molecular weight excluding hydrogens is 307 g/mol. The summed E-state index contributed by atoms with van der Waals surface area (Å²) >= 11 is 3.22. The maximum atomic E-state index is 11.8. The van der Waals surface area contributed by atoms with Gasteiger partial charge < -0.3 is 14.4 Å². The van der Waals surface area contributed by atoms with E-state index in [0.717, 1.165) is 0 Å². The number of alkyl halides is 4. The van der Waals surface area contributed by atoms with Crippen molar-refractivity contribution in [3.05, 3.63) is 0 Å². The monoisotopic (exact) mass is 319 g/mol. The van der Waals surface area contributed by atoms with Crippen LogP contribution in [-0.4, -0.2) is 61.3 Å². The number of nitrogens with zero attached hydrogens (tertiary/aromatic N) is 1. The van der Waals surface area contributed by atoms with Gasteiger partial charge in [-0.25, -0.2) is 0 Å². The average Bonchev–Trinajstić information content (AvgIpc) is 2.27. The Morgan fingerprint density at radius 2 is 2.24 bits per heavy atom. The molecule has 1 aliphatic rings. The maximum absolute atomic E-state index is 11.8. The maximum Gasteiger partial charge on any atom is 0.411 e. The van der Waals surface area contributed by atoms with Crippen molar-refractivity contribution in [2.75, 3.05) is 38.2 Å². The third-order valence-corrected chi connectivity index (χ3v) is 2.88. The topological polar surface area (TPSA) is 38.8 Å². The Balaban J connectivity index is 2.27. The smallest absolute Gasteiger partial charge is 0.374 e. The van der Waals surface area contributed by atoms with E-state index in [4.69, 9.17) is 4.74 Å². The molecule has 1 saturated heterocycles. The molecule has 1 rings (SSSR count). The summed E-state index contributed by atoms with van der Waals surface area (Å²) in [5, 5.41) is 0.584. The minimum Gasteiger partial charge on any atom is -0.374 e. The number of halogens is 4. The lowest BCUT2D eigenvalue weighted by Gasteiger charge is -2.32. The Bertz CT molecular complexity index is 262. The SMILES string of the molecule is O=C(COCC(F)(F)F)N1CCOC(CBr)C1. The molecule has 1 heterocycles. The Labute approximate surface area is 105 Å². The van der Waals surface area contributed by atoms with Gasteiger partial charge in [-0.2, -0.15) is 13.2 Å². The molecule has 1 aliphatic heterocycles. The third kappa shape index (κ3) is 5.69. The molecule has 0 aromatic carbocycles. The van der Waals surface area contributed by atoms with Crippen molar-refractivity contribution >= 4 is 21.8 Å². The van der Waals surface area contributed by atoms with E-state index in [2.05, 4.69) is 20.7 Å². The zero-order valence-electron chi connectivity index (χ0n) is 9.00. The van der Waals surface area contributed by atoms with Gasteiger partial charge in [0.2, 0.25) is 5.91 Å². The largest absolute Gasteiger partial charge is 0.411 e. The minimum absolute atomic E-state index is 0.115. The molecule has 1 fully saturated rings. The van der Waals surface area contributed by atoms with Gasteiger partial charge in [0.15, 0.2) is 0 Å². The zero-order valence-corrected chi connectivity index (χ0v) is 10.6. The van der Waals surface area contributed by atoms with Gasteiger partial charge in [0.05, 0.1) is 12.7 Å². The number of carbonyl (C=O) groups excluding carboxylic acids is 1. The first-order valence-corrected chi connectivity index (χ1v) is 6.14. The number of rotatable bonds is 4. The molecule has 17 heavy (non-hydrogen) atoms. The first-order chi connectivity index (χ1) is 7.92. The second-order valence-corrected chi connectivity index (χ2v) is 4.24. The molecular formula is C9H13BrF3NO3. The van der Waals surface area contributed by atoms with Crippen LogP contribution < -0.4 is 0 Å². The molecule has 100 valence electrons. The first kappa shape index (κ1) is 14.7. The summed E-state index contributed by atoms with van der Waals surface area (Å²) in [6.45, 7) is -0.794. The van der Waals surface area contributed by atoms with Crippen molar-refractivity contribution in [1.29, 1.82) is 0 Å². The predicted octanol–water partition coefficient (Wildman–Crippen LogP) is 1.19. The molecule has 0 aromatic rings. The van der Waals surface area contributed by atoms with E-state index >= 15 is 0 Å². The van der Waals surface area contributed by atoms with Crippen LogP contribution in [-0.2, 0) is 14.3 Å². The summed E-state index contributed by atoms with van der Waals surface area (Å²) in [4.78, 5) is 13.0. The van der Waals surface area contributed by atoms with E-state index in [1.165, 1.54) is 4.90 Å². The molecule has 0 saturated carbocycles. The minimum atomic E-state index is -4.40. The summed E-state index contributed by atoms with van der Waals surface area (Å²) in [7, 11) is 0. The molecule has 0 aliphatic carbocycles. The van der Waals surface area contributed by atoms with Crippen LogP contribution in [0.2, 0.25) is 0 Å². The molecule has 0 bridgehead atoms. The van der Waals surface area contributed by atoms with E-state index in [9.17, 15) is 18.0 Å². The molecule has 8 heteroatoms. The predicted molar refractivity (Wildman–Crippen MR) is 57.0 cm³/mol. The van der Waals surface area contributed by atoms with Crippen molar-refractivity contribution in [2.45, 2.75) is 12.3 Å². The lowest BCUT2D eigenvalue weighted by Crippen LogP contribution is -2.47. The quantitative estimate of drug-likeness (QED) is 0.731. The molecule has 4 nitrogen and oxygen atoms in total. The van der Waals surface area contributed by atoms with E-state index in [-0.39, 0.29) is 6.10 Å². The second-order valence-electron chi connectivity index (χ2n) is 3.59. The van der Waals surface area contributed by atoms with Crippen molar-refractivity contribution < 1.29 is 27.4 Å². The molecule has 1 atom stereocenters. The van der Waals surface area contributed by atoms with Gasteiger partial charge in [0.25, 0.3) is 0 Å². The molecule has 0 aromatic heterocycles. The Hall–Kier alpha value is -0.340. The number of hydrogen-bond acceptors (Lipinski definition) is 3. The van der Waals surface area contributed by atoms with Crippen molar-refractivity contribution in [2.24, 2.45) is 0 Å².